The molecule has 0 aliphatic carbocycles. The van der Waals surface area contributed by atoms with Gasteiger partial charge in [-0.3, -0.25) is 4.79 Å². The van der Waals surface area contributed by atoms with Crippen molar-refractivity contribution in [2.24, 2.45) is 0 Å². The fraction of sp³-hybridized carbons (Fsp3) is 0.417. The Morgan fingerprint density at radius 3 is 2.29 bits per heavy atom. The van der Waals surface area contributed by atoms with Gasteiger partial charge in [-0.05, 0) is 30.7 Å². The average molecular weight is 255 g/mol. The molecule has 0 aliphatic heterocycles. The van der Waals surface area contributed by atoms with E-state index in [0.29, 0.717) is 12.1 Å². The molecule has 0 atom stereocenters. The SMILES string of the molecule is CCCCNC(=O)c1ccc(S(C)(=O)=O)cc1. The lowest BCUT2D eigenvalue weighted by molar-refractivity contribution is 0.0953. The van der Waals surface area contributed by atoms with Gasteiger partial charge >= 0.3 is 0 Å². The number of unbranched alkanes of at least 4 members (excludes halogenated alkanes) is 1. The summed E-state index contributed by atoms with van der Waals surface area (Å²) in [4.78, 5) is 11.8. The highest BCUT2D eigenvalue weighted by atomic mass is 32.2. The minimum absolute atomic E-state index is 0.168. The summed E-state index contributed by atoms with van der Waals surface area (Å²) in [5.41, 5.74) is 0.480. The van der Waals surface area contributed by atoms with Gasteiger partial charge in [0.05, 0.1) is 4.90 Å². The van der Waals surface area contributed by atoms with E-state index in [-0.39, 0.29) is 10.8 Å². The number of carbonyl (C=O) groups excluding carboxylic acids is 1. The molecule has 0 aromatic heterocycles. The molecule has 1 aromatic carbocycles. The van der Waals surface area contributed by atoms with E-state index < -0.39 is 9.84 Å². The lowest BCUT2D eigenvalue weighted by atomic mass is 10.2. The van der Waals surface area contributed by atoms with Crippen LogP contribution in [0.15, 0.2) is 29.2 Å². The van der Waals surface area contributed by atoms with Gasteiger partial charge in [0.1, 0.15) is 0 Å². The molecule has 0 aliphatic rings. The Balaban J connectivity index is 2.71. The van der Waals surface area contributed by atoms with E-state index in [0.717, 1.165) is 19.1 Å². The molecule has 1 rings (SSSR count). The van der Waals surface area contributed by atoms with E-state index in [1.807, 2.05) is 6.92 Å². The summed E-state index contributed by atoms with van der Waals surface area (Å²) >= 11 is 0. The van der Waals surface area contributed by atoms with Crippen LogP contribution >= 0.6 is 0 Å². The summed E-state index contributed by atoms with van der Waals surface area (Å²) in [6, 6.07) is 5.95. The van der Waals surface area contributed by atoms with E-state index in [1.54, 1.807) is 0 Å². The molecule has 17 heavy (non-hydrogen) atoms. The lowest BCUT2D eigenvalue weighted by Gasteiger charge is -2.04. The topological polar surface area (TPSA) is 63.2 Å². The maximum atomic E-state index is 11.6. The van der Waals surface area contributed by atoms with Crippen LogP contribution < -0.4 is 5.32 Å². The maximum absolute atomic E-state index is 11.6. The standard InChI is InChI=1S/C12H17NO3S/c1-3-4-9-13-12(14)10-5-7-11(8-6-10)17(2,15)16/h5-8H,3-4,9H2,1-2H3,(H,13,14). The molecule has 1 amide bonds. The molecule has 0 unspecified atom stereocenters. The van der Waals surface area contributed by atoms with Crippen molar-refractivity contribution >= 4 is 15.7 Å². The van der Waals surface area contributed by atoms with Gasteiger partial charge in [0.2, 0.25) is 0 Å². The number of hydrogen-bond acceptors (Lipinski definition) is 3. The molecule has 0 fully saturated rings. The summed E-state index contributed by atoms with van der Waals surface area (Å²) in [5, 5.41) is 2.77. The van der Waals surface area contributed by atoms with Gasteiger partial charge in [0.25, 0.3) is 5.91 Å². The molecule has 0 bridgehead atoms. The molecule has 0 spiro atoms. The van der Waals surface area contributed by atoms with Gasteiger partial charge in [-0.25, -0.2) is 8.42 Å². The predicted molar refractivity (Wildman–Crippen MR) is 66.8 cm³/mol. The molecule has 1 N–H and O–H groups in total. The van der Waals surface area contributed by atoms with Crippen LogP contribution in [0, 0.1) is 0 Å². The molecule has 1 aromatic rings. The zero-order valence-electron chi connectivity index (χ0n) is 10.1. The Kier molecular flexibility index (Phi) is 4.69. The van der Waals surface area contributed by atoms with Crippen molar-refractivity contribution in [3.8, 4) is 0 Å². The number of hydrogen-bond donors (Lipinski definition) is 1. The second-order valence-electron chi connectivity index (χ2n) is 3.91. The summed E-state index contributed by atoms with van der Waals surface area (Å²) in [6.45, 7) is 2.69. The van der Waals surface area contributed by atoms with Gasteiger partial charge in [0, 0.05) is 18.4 Å². The number of sulfone groups is 1. The highest BCUT2D eigenvalue weighted by molar-refractivity contribution is 7.90. The Labute approximate surface area is 102 Å². The third-order valence-electron chi connectivity index (χ3n) is 2.36. The number of nitrogens with one attached hydrogen (secondary N) is 1. The van der Waals surface area contributed by atoms with Crippen LogP contribution in [0.5, 0.6) is 0 Å². The second kappa shape index (κ2) is 5.82. The summed E-state index contributed by atoms with van der Waals surface area (Å²) in [6.07, 6.45) is 3.10. The average Bonchev–Trinajstić information content (AvgIpc) is 2.28. The lowest BCUT2D eigenvalue weighted by Crippen LogP contribution is -2.24. The van der Waals surface area contributed by atoms with Crippen LogP contribution in [0.4, 0.5) is 0 Å². The summed E-state index contributed by atoms with van der Waals surface area (Å²) in [7, 11) is -3.20. The quantitative estimate of drug-likeness (QED) is 0.813. The van der Waals surface area contributed by atoms with Crippen LogP contribution in [-0.2, 0) is 9.84 Å². The summed E-state index contributed by atoms with van der Waals surface area (Å²) in [5.74, 6) is -0.168. The van der Waals surface area contributed by atoms with Crippen molar-refractivity contribution in [3.05, 3.63) is 29.8 Å². The van der Waals surface area contributed by atoms with Crippen molar-refractivity contribution in [1.82, 2.24) is 5.32 Å². The second-order valence-corrected chi connectivity index (χ2v) is 5.92. The van der Waals surface area contributed by atoms with Crippen molar-refractivity contribution in [2.75, 3.05) is 12.8 Å². The molecular weight excluding hydrogens is 238 g/mol. The Morgan fingerprint density at radius 2 is 1.82 bits per heavy atom. The van der Waals surface area contributed by atoms with E-state index in [2.05, 4.69) is 5.32 Å². The van der Waals surface area contributed by atoms with Gasteiger partial charge < -0.3 is 5.32 Å². The third-order valence-corrected chi connectivity index (χ3v) is 3.49. The highest BCUT2D eigenvalue weighted by Crippen LogP contribution is 2.10. The van der Waals surface area contributed by atoms with Gasteiger partial charge in [0.15, 0.2) is 9.84 Å². The van der Waals surface area contributed by atoms with Crippen LogP contribution in [0.2, 0.25) is 0 Å². The fourth-order valence-corrected chi connectivity index (χ4v) is 1.96. The van der Waals surface area contributed by atoms with Crippen molar-refractivity contribution in [1.29, 1.82) is 0 Å². The van der Waals surface area contributed by atoms with Gasteiger partial charge in [-0.2, -0.15) is 0 Å². The van der Waals surface area contributed by atoms with Crippen molar-refractivity contribution < 1.29 is 13.2 Å². The van der Waals surface area contributed by atoms with Crippen LogP contribution in [0.25, 0.3) is 0 Å². The third kappa shape index (κ3) is 4.19. The molecule has 94 valence electrons. The molecule has 0 saturated carbocycles. The molecular formula is C12H17NO3S. The van der Waals surface area contributed by atoms with E-state index in [9.17, 15) is 13.2 Å². The Morgan fingerprint density at radius 1 is 1.24 bits per heavy atom. The largest absolute Gasteiger partial charge is 0.352 e. The maximum Gasteiger partial charge on any atom is 0.251 e. The monoisotopic (exact) mass is 255 g/mol. The number of rotatable bonds is 5. The van der Waals surface area contributed by atoms with Crippen molar-refractivity contribution in [3.63, 3.8) is 0 Å². The zero-order valence-corrected chi connectivity index (χ0v) is 10.9. The van der Waals surface area contributed by atoms with Crippen LogP contribution in [-0.4, -0.2) is 27.1 Å². The first-order valence-electron chi connectivity index (χ1n) is 5.53. The van der Waals surface area contributed by atoms with Crippen molar-refractivity contribution in [2.45, 2.75) is 24.7 Å². The zero-order chi connectivity index (χ0) is 12.9. The normalized spacial score (nSPS) is 11.2. The molecule has 0 saturated heterocycles. The molecule has 5 heteroatoms. The molecule has 0 heterocycles. The number of benzene rings is 1. The van der Waals surface area contributed by atoms with Gasteiger partial charge in [-0.1, -0.05) is 13.3 Å². The molecule has 0 radical (unpaired) electrons. The van der Waals surface area contributed by atoms with E-state index >= 15 is 0 Å². The van der Waals surface area contributed by atoms with Gasteiger partial charge in [-0.15, -0.1) is 0 Å². The van der Waals surface area contributed by atoms with E-state index in [1.165, 1.54) is 24.3 Å². The van der Waals surface area contributed by atoms with Crippen LogP contribution in [0.1, 0.15) is 30.1 Å². The Hall–Kier alpha value is -1.36. The van der Waals surface area contributed by atoms with Crippen LogP contribution in [0.3, 0.4) is 0 Å². The minimum atomic E-state index is -3.20. The molecule has 4 nitrogen and oxygen atoms in total. The Bertz CT molecular complexity index is 477. The minimum Gasteiger partial charge on any atom is -0.352 e. The van der Waals surface area contributed by atoms with E-state index in [4.69, 9.17) is 0 Å². The first-order chi connectivity index (χ1) is 7.95. The number of amides is 1. The smallest absolute Gasteiger partial charge is 0.251 e. The fourth-order valence-electron chi connectivity index (χ4n) is 1.33. The predicted octanol–water partition coefficient (Wildman–Crippen LogP) is 1.62. The summed E-state index contributed by atoms with van der Waals surface area (Å²) < 4.78 is 22.4. The number of carbonyl (C=O) groups is 1. The first-order valence-corrected chi connectivity index (χ1v) is 7.42. The first kappa shape index (κ1) is 13.7. The highest BCUT2D eigenvalue weighted by Gasteiger charge is 2.09.